The summed E-state index contributed by atoms with van der Waals surface area (Å²) in [6, 6.07) is 9.67. The summed E-state index contributed by atoms with van der Waals surface area (Å²) in [5.74, 6) is 2.15. The molecule has 8 nitrogen and oxygen atoms in total. The van der Waals surface area contributed by atoms with E-state index in [1.165, 1.54) is 0 Å². The predicted octanol–water partition coefficient (Wildman–Crippen LogP) is 2.40. The average Bonchev–Trinajstić information content (AvgIpc) is 3.08. The van der Waals surface area contributed by atoms with E-state index >= 15 is 0 Å². The molecule has 3 rings (SSSR count). The second-order valence-corrected chi connectivity index (χ2v) is 5.49. The van der Waals surface area contributed by atoms with Gasteiger partial charge in [0.05, 0.1) is 19.7 Å². The molecule has 0 spiro atoms. The van der Waals surface area contributed by atoms with Gasteiger partial charge in [-0.15, -0.1) is 34.2 Å². The van der Waals surface area contributed by atoms with E-state index in [-0.39, 0.29) is 24.0 Å². The fraction of sp³-hybridized carbons (Fsp3) is 0.333. The summed E-state index contributed by atoms with van der Waals surface area (Å²) < 4.78 is 7.50. The summed E-state index contributed by atoms with van der Waals surface area (Å²) >= 11 is 0. The van der Waals surface area contributed by atoms with Crippen LogP contribution < -0.4 is 15.4 Å². The van der Waals surface area contributed by atoms with Gasteiger partial charge < -0.3 is 15.4 Å². The lowest BCUT2D eigenvalue weighted by Crippen LogP contribution is -2.37. The summed E-state index contributed by atoms with van der Waals surface area (Å²) in [6.45, 7) is 6.29. The molecule has 0 atom stereocenters. The lowest BCUT2D eigenvalue weighted by atomic mass is 10.3. The largest absolute Gasteiger partial charge is 0.478 e. The molecule has 0 aliphatic carbocycles. The van der Waals surface area contributed by atoms with Gasteiger partial charge in [-0.05, 0) is 32.0 Å². The van der Waals surface area contributed by atoms with E-state index < -0.39 is 0 Å². The summed E-state index contributed by atoms with van der Waals surface area (Å²) in [4.78, 5) is 8.88. The van der Waals surface area contributed by atoms with Gasteiger partial charge in [0, 0.05) is 24.5 Å². The molecule has 0 fully saturated rings. The minimum Gasteiger partial charge on any atom is -0.478 e. The molecule has 0 radical (unpaired) electrons. The van der Waals surface area contributed by atoms with E-state index in [0.717, 1.165) is 23.6 Å². The first kappa shape index (κ1) is 20.9. The monoisotopic (exact) mass is 481 g/mol. The van der Waals surface area contributed by atoms with Crippen LogP contribution in [0.25, 0.3) is 5.65 Å². The molecular weight excluding hydrogens is 457 g/mol. The van der Waals surface area contributed by atoms with Crippen molar-refractivity contribution in [1.29, 1.82) is 0 Å². The molecule has 9 heteroatoms. The number of aromatic nitrogens is 4. The van der Waals surface area contributed by atoms with Crippen LogP contribution in [0.1, 0.15) is 25.2 Å². The van der Waals surface area contributed by atoms with Gasteiger partial charge in [0.1, 0.15) is 0 Å². The molecule has 0 saturated heterocycles. The van der Waals surface area contributed by atoms with Gasteiger partial charge >= 0.3 is 0 Å². The van der Waals surface area contributed by atoms with Gasteiger partial charge in [0.2, 0.25) is 5.88 Å². The zero-order valence-corrected chi connectivity index (χ0v) is 17.8. The van der Waals surface area contributed by atoms with Crippen LogP contribution in [-0.4, -0.2) is 38.7 Å². The number of rotatable bonds is 7. The van der Waals surface area contributed by atoms with Crippen molar-refractivity contribution in [3.8, 4) is 5.88 Å². The first-order chi connectivity index (χ1) is 12.8. The van der Waals surface area contributed by atoms with Crippen molar-refractivity contribution in [1.82, 2.24) is 30.2 Å². The molecule has 3 heterocycles. The van der Waals surface area contributed by atoms with E-state index in [4.69, 9.17) is 4.74 Å². The lowest BCUT2D eigenvalue weighted by molar-refractivity contribution is 0.323. The molecular formula is C18H24IN7O. The predicted molar refractivity (Wildman–Crippen MR) is 115 cm³/mol. The Morgan fingerprint density at radius 3 is 2.85 bits per heavy atom. The Bertz CT molecular complexity index is 881. The van der Waals surface area contributed by atoms with Crippen molar-refractivity contribution in [2.24, 2.45) is 4.99 Å². The minimum atomic E-state index is 0. The third kappa shape index (κ3) is 5.52. The molecule has 0 aliphatic heterocycles. The van der Waals surface area contributed by atoms with Gasteiger partial charge in [-0.1, -0.05) is 12.1 Å². The van der Waals surface area contributed by atoms with Crippen LogP contribution in [0.2, 0.25) is 0 Å². The number of hydrogen-bond donors (Lipinski definition) is 2. The number of nitrogens with one attached hydrogen (secondary N) is 2. The SMILES string of the molecule is CCNC(=NCc1cccnc1OCC)NCc1nnc2ccccn12.I. The molecule has 144 valence electrons. The minimum absolute atomic E-state index is 0. The highest BCUT2D eigenvalue weighted by Crippen LogP contribution is 2.15. The number of ether oxygens (including phenoxy) is 1. The molecule has 3 aromatic rings. The van der Waals surface area contributed by atoms with Crippen LogP contribution in [0.4, 0.5) is 0 Å². The van der Waals surface area contributed by atoms with Gasteiger partial charge in [-0.3, -0.25) is 4.40 Å². The number of nitrogens with zero attached hydrogens (tertiary/aromatic N) is 5. The quantitative estimate of drug-likeness (QED) is 0.306. The van der Waals surface area contributed by atoms with E-state index in [1.807, 2.05) is 54.8 Å². The molecule has 2 N–H and O–H groups in total. The summed E-state index contributed by atoms with van der Waals surface area (Å²) in [5, 5.41) is 14.9. The third-order valence-corrected chi connectivity index (χ3v) is 3.68. The van der Waals surface area contributed by atoms with Crippen molar-refractivity contribution in [3.05, 3.63) is 54.1 Å². The van der Waals surface area contributed by atoms with E-state index in [2.05, 4.69) is 30.8 Å². The first-order valence-electron chi connectivity index (χ1n) is 8.69. The maximum atomic E-state index is 5.55. The Morgan fingerprint density at radius 1 is 1.15 bits per heavy atom. The Labute approximate surface area is 175 Å². The van der Waals surface area contributed by atoms with Crippen LogP contribution in [0.15, 0.2) is 47.7 Å². The van der Waals surface area contributed by atoms with Gasteiger partial charge in [0.25, 0.3) is 0 Å². The Hall–Kier alpha value is -2.43. The standard InChI is InChI=1S/C18H23N7O.HI/c1-3-19-18(21-12-14-8-7-10-20-17(14)26-4-2)22-13-16-24-23-15-9-5-6-11-25(15)16;/h5-11H,3-4,12-13H2,1-2H3,(H2,19,21,22);1H. The van der Waals surface area contributed by atoms with Crippen molar-refractivity contribution in [2.75, 3.05) is 13.2 Å². The van der Waals surface area contributed by atoms with E-state index in [1.54, 1.807) is 6.20 Å². The Kier molecular flexibility index (Phi) is 8.24. The van der Waals surface area contributed by atoms with Crippen LogP contribution in [0, 0.1) is 0 Å². The highest BCUT2D eigenvalue weighted by molar-refractivity contribution is 14.0. The van der Waals surface area contributed by atoms with Crippen LogP contribution in [0.3, 0.4) is 0 Å². The lowest BCUT2D eigenvalue weighted by Gasteiger charge is -2.11. The molecule has 0 aliphatic rings. The Balaban J connectivity index is 0.00000261. The fourth-order valence-corrected chi connectivity index (χ4v) is 2.49. The number of pyridine rings is 2. The highest BCUT2D eigenvalue weighted by atomic mass is 127. The van der Waals surface area contributed by atoms with Gasteiger partial charge in [-0.2, -0.15) is 0 Å². The second kappa shape index (κ2) is 10.7. The molecule has 0 bridgehead atoms. The summed E-state index contributed by atoms with van der Waals surface area (Å²) in [7, 11) is 0. The smallest absolute Gasteiger partial charge is 0.218 e. The molecule has 0 saturated carbocycles. The zero-order valence-electron chi connectivity index (χ0n) is 15.4. The van der Waals surface area contributed by atoms with E-state index in [0.29, 0.717) is 31.5 Å². The third-order valence-electron chi connectivity index (χ3n) is 3.68. The first-order valence-corrected chi connectivity index (χ1v) is 8.69. The number of halogens is 1. The van der Waals surface area contributed by atoms with Crippen LogP contribution in [-0.2, 0) is 13.1 Å². The number of hydrogen-bond acceptors (Lipinski definition) is 5. The maximum Gasteiger partial charge on any atom is 0.218 e. The van der Waals surface area contributed by atoms with Crippen molar-refractivity contribution >= 4 is 35.6 Å². The van der Waals surface area contributed by atoms with Crippen LogP contribution >= 0.6 is 24.0 Å². The number of aliphatic imine (C=N–C) groups is 1. The van der Waals surface area contributed by atoms with Crippen molar-refractivity contribution < 1.29 is 4.74 Å². The normalized spacial score (nSPS) is 11.1. The van der Waals surface area contributed by atoms with Crippen molar-refractivity contribution in [3.63, 3.8) is 0 Å². The number of guanidine groups is 1. The molecule has 0 aromatic carbocycles. The highest BCUT2D eigenvalue weighted by Gasteiger charge is 2.07. The van der Waals surface area contributed by atoms with Gasteiger partial charge in [-0.25, -0.2) is 9.98 Å². The van der Waals surface area contributed by atoms with E-state index in [9.17, 15) is 0 Å². The second-order valence-electron chi connectivity index (χ2n) is 5.49. The molecule has 0 amide bonds. The fourth-order valence-electron chi connectivity index (χ4n) is 2.49. The Morgan fingerprint density at radius 2 is 2.04 bits per heavy atom. The van der Waals surface area contributed by atoms with Crippen LogP contribution in [0.5, 0.6) is 5.88 Å². The topological polar surface area (TPSA) is 88.7 Å². The molecule has 0 unspecified atom stereocenters. The van der Waals surface area contributed by atoms with Gasteiger partial charge in [0.15, 0.2) is 17.4 Å². The molecule has 27 heavy (non-hydrogen) atoms. The average molecular weight is 481 g/mol. The zero-order chi connectivity index (χ0) is 18.2. The maximum absolute atomic E-state index is 5.55. The van der Waals surface area contributed by atoms with Crippen molar-refractivity contribution in [2.45, 2.75) is 26.9 Å². The summed E-state index contributed by atoms with van der Waals surface area (Å²) in [5.41, 5.74) is 1.77. The molecule has 3 aromatic heterocycles. The number of fused-ring (bicyclic) bond motifs is 1. The summed E-state index contributed by atoms with van der Waals surface area (Å²) in [6.07, 6.45) is 3.67.